The fourth-order valence-electron chi connectivity index (χ4n) is 1.10. The second kappa shape index (κ2) is 3.85. The van der Waals surface area contributed by atoms with Crippen molar-refractivity contribution in [2.45, 2.75) is 13.8 Å². The van der Waals surface area contributed by atoms with Crippen LogP contribution in [0.4, 0.5) is 0 Å². The number of rotatable bonds is 0. The van der Waals surface area contributed by atoms with E-state index in [1.807, 2.05) is 32.0 Å². The first-order chi connectivity index (χ1) is 6.38. The van der Waals surface area contributed by atoms with Crippen LogP contribution in [0.15, 0.2) is 18.2 Å². The van der Waals surface area contributed by atoms with Gasteiger partial charge in [-0.25, -0.2) is 8.42 Å². The summed E-state index contributed by atoms with van der Waals surface area (Å²) in [4.78, 5) is 0. The monoisotopic (exact) mass is 208 g/mol. The molecule has 14 heavy (non-hydrogen) atoms. The van der Waals surface area contributed by atoms with Crippen molar-refractivity contribution in [1.29, 1.82) is 0 Å². The zero-order valence-electron chi connectivity index (χ0n) is 8.46. The molecule has 0 fully saturated rings. The van der Waals surface area contributed by atoms with Crippen LogP contribution < -0.4 is 0 Å². The average Bonchev–Trinajstić information content (AvgIpc) is 2.00. The van der Waals surface area contributed by atoms with Crippen LogP contribution >= 0.6 is 0 Å². The van der Waals surface area contributed by atoms with Gasteiger partial charge in [0.05, 0.1) is 6.26 Å². The van der Waals surface area contributed by atoms with Gasteiger partial charge in [0.1, 0.15) is 0 Å². The lowest BCUT2D eigenvalue weighted by atomic mass is 10.1. The Hall–Kier alpha value is -1.27. The summed E-state index contributed by atoms with van der Waals surface area (Å²) in [5, 5.41) is 2.22. The second-order valence-corrected chi connectivity index (χ2v) is 5.07. The van der Waals surface area contributed by atoms with Crippen molar-refractivity contribution in [3.63, 3.8) is 0 Å². The molecule has 0 aliphatic rings. The average molecular weight is 208 g/mol. The largest absolute Gasteiger partial charge is 0.216 e. The van der Waals surface area contributed by atoms with Crippen molar-refractivity contribution in [2.75, 3.05) is 6.26 Å². The molecule has 0 N–H and O–H groups in total. The number of hydrogen-bond donors (Lipinski definition) is 0. The van der Waals surface area contributed by atoms with Crippen LogP contribution in [0.5, 0.6) is 0 Å². The summed E-state index contributed by atoms with van der Waals surface area (Å²) >= 11 is 0. The Morgan fingerprint density at radius 2 is 1.86 bits per heavy atom. The van der Waals surface area contributed by atoms with Crippen LogP contribution in [0.25, 0.3) is 0 Å². The Labute approximate surface area is 84.9 Å². The van der Waals surface area contributed by atoms with Crippen LogP contribution in [-0.4, -0.2) is 14.7 Å². The summed E-state index contributed by atoms with van der Waals surface area (Å²) < 4.78 is 21.6. The molecule has 0 unspecified atom stereocenters. The molecule has 74 valence electrons. The molecule has 1 aromatic carbocycles. The van der Waals surface area contributed by atoms with Crippen LogP contribution in [0, 0.1) is 25.0 Å². The Morgan fingerprint density at radius 1 is 1.21 bits per heavy atom. The van der Waals surface area contributed by atoms with Crippen LogP contribution in [0.1, 0.15) is 16.7 Å². The van der Waals surface area contributed by atoms with Gasteiger partial charge < -0.3 is 0 Å². The van der Waals surface area contributed by atoms with E-state index < -0.39 is 9.84 Å². The minimum atomic E-state index is -3.21. The van der Waals surface area contributed by atoms with Gasteiger partial charge in [0.2, 0.25) is 9.84 Å². The molecule has 1 aromatic rings. The highest BCUT2D eigenvalue weighted by molar-refractivity contribution is 7.95. The van der Waals surface area contributed by atoms with Crippen molar-refractivity contribution in [3.8, 4) is 11.2 Å². The summed E-state index contributed by atoms with van der Waals surface area (Å²) in [6, 6.07) is 5.73. The first-order valence-corrected chi connectivity index (χ1v) is 6.08. The van der Waals surface area contributed by atoms with Gasteiger partial charge in [-0.05, 0) is 31.4 Å². The number of benzene rings is 1. The fourth-order valence-corrected chi connectivity index (χ4v) is 1.40. The van der Waals surface area contributed by atoms with Gasteiger partial charge in [-0.2, -0.15) is 0 Å². The van der Waals surface area contributed by atoms with Crippen molar-refractivity contribution in [1.82, 2.24) is 0 Å². The maximum atomic E-state index is 10.8. The van der Waals surface area contributed by atoms with E-state index in [9.17, 15) is 8.42 Å². The third-order valence-electron chi connectivity index (χ3n) is 1.75. The van der Waals surface area contributed by atoms with Crippen molar-refractivity contribution < 1.29 is 8.42 Å². The molecule has 2 nitrogen and oxygen atoms in total. The summed E-state index contributed by atoms with van der Waals surface area (Å²) in [7, 11) is -3.21. The molecule has 0 saturated heterocycles. The van der Waals surface area contributed by atoms with E-state index in [1.54, 1.807) is 0 Å². The number of aryl methyl sites for hydroxylation is 2. The lowest BCUT2D eigenvalue weighted by Gasteiger charge is -1.98. The molecular formula is C11H12O2S. The molecule has 0 radical (unpaired) electrons. The molecule has 0 amide bonds. The zero-order valence-corrected chi connectivity index (χ0v) is 9.27. The summed E-state index contributed by atoms with van der Waals surface area (Å²) in [5.74, 6) is 2.64. The Morgan fingerprint density at radius 3 is 2.36 bits per heavy atom. The molecule has 0 atom stereocenters. The van der Waals surface area contributed by atoms with Crippen molar-refractivity contribution >= 4 is 9.84 Å². The molecule has 0 saturated carbocycles. The first-order valence-electron chi connectivity index (χ1n) is 4.18. The maximum absolute atomic E-state index is 10.8. The zero-order chi connectivity index (χ0) is 10.8. The van der Waals surface area contributed by atoms with Gasteiger partial charge in [-0.3, -0.25) is 0 Å². The normalized spacial score (nSPS) is 10.5. The molecular weight excluding hydrogens is 196 g/mol. The van der Waals surface area contributed by atoms with E-state index in [1.165, 1.54) is 0 Å². The second-order valence-electron chi connectivity index (χ2n) is 3.32. The highest BCUT2D eigenvalue weighted by Gasteiger charge is 1.96. The van der Waals surface area contributed by atoms with Gasteiger partial charge in [0.25, 0.3) is 0 Å². The minimum Gasteiger partial charge on any atom is -0.216 e. The molecule has 0 heterocycles. The SMILES string of the molecule is Cc1ccc(C#CS(C)(=O)=O)c(C)c1. The van der Waals surface area contributed by atoms with Crippen molar-refractivity contribution in [2.24, 2.45) is 0 Å². The minimum absolute atomic E-state index is 0.765. The molecule has 1 rings (SSSR count). The molecule has 0 aliphatic carbocycles. The lowest BCUT2D eigenvalue weighted by Crippen LogP contribution is -1.90. The summed E-state index contributed by atoms with van der Waals surface area (Å²) in [5.41, 5.74) is 2.91. The Kier molecular flexibility index (Phi) is 2.97. The lowest BCUT2D eigenvalue weighted by molar-refractivity contribution is 0.611. The molecule has 0 aromatic heterocycles. The van der Waals surface area contributed by atoms with Gasteiger partial charge >= 0.3 is 0 Å². The molecule has 0 bridgehead atoms. The molecule has 0 spiro atoms. The van der Waals surface area contributed by atoms with E-state index in [0.29, 0.717) is 0 Å². The highest BCUT2D eigenvalue weighted by Crippen LogP contribution is 2.08. The number of sulfone groups is 1. The van der Waals surface area contributed by atoms with E-state index >= 15 is 0 Å². The molecule has 3 heteroatoms. The van der Waals surface area contributed by atoms with Crippen molar-refractivity contribution in [3.05, 3.63) is 34.9 Å². The van der Waals surface area contributed by atoms with E-state index in [4.69, 9.17) is 0 Å². The van der Waals surface area contributed by atoms with Gasteiger partial charge in [0.15, 0.2) is 0 Å². The Balaban J connectivity index is 3.15. The smallest absolute Gasteiger partial charge is 0.214 e. The number of hydrogen-bond acceptors (Lipinski definition) is 2. The van der Waals surface area contributed by atoms with E-state index in [2.05, 4.69) is 11.2 Å². The van der Waals surface area contributed by atoms with Gasteiger partial charge in [-0.15, -0.1) is 0 Å². The highest BCUT2D eigenvalue weighted by atomic mass is 32.2. The Bertz CT molecular complexity index is 502. The van der Waals surface area contributed by atoms with Crippen LogP contribution in [0.3, 0.4) is 0 Å². The molecule has 0 aliphatic heterocycles. The van der Waals surface area contributed by atoms with Crippen LogP contribution in [-0.2, 0) is 9.84 Å². The van der Waals surface area contributed by atoms with E-state index in [-0.39, 0.29) is 0 Å². The summed E-state index contributed by atoms with van der Waals surface area (Å²) in [6.07, 6.45) is 1.10. The fraction of sp³-hybridized carbons (Fsp3) is 0.273. The first kappa shape index (κ1) is 10.8. The van der Waals surface area contributed by atoms with Gasteiger partial charge in [0, 0.05) is 10.8 Å². The predicted octanol–water partition coefficient (Wildman–Crippen LogP) is 1.66. The maximum Gasteiger partial charge on any atom is 0.214 e. The van der Waals surface area contributed by atoms with Crippen LogP contribution in [0.2, 0.25) is 0 Å². The quantitative estimate of drug-likeness (QED) is 0.608. The topological polar surface area (TPSA) is 34.1 Å². The predicted molar refractivity (Wildman–Crippen MR) is 57.6 cm³/mol. The standard InChI is InChI=1S/C11H12O2S/c1-9-4-5-11(10(2)8-9)6-7-14(3,12)13/h4-5,8H,1-3H3. The summed E-state index contributed by atoms with van der Waals surface area (Å²) in [6.45, 7) is 3.90. The third kappa shape index (κ3) is 3.23. The van der Waals surface area contributed by atoms with E-state index in [0.717, 1.165) is 22.9 Å². The third-order valence-corrected chi connectivity index (χ3v) is 2.23. The van der Waals surface area contributed by atoms with Gasteiger partial charge in [-0.1, -0.05) is 17.7 Å².